The Balaban J connectivity index is 1.81. The lowest BCUT2D eigenvalue weighted by Crippen LogP contribution is -2.03. The number of halogens is 1. The molecule has 0 radical (unpaired) electrons. The Morgan fingerprint density at radius 1 is 1.14 bits per heavy atom. The van der Waals surface area contributed by atoms with E-state index in [9.17, 15) is 14.9 Å². The molecule has 1 amide bonds. The number of aryl methyl sites for hydroxylation is 1. The zero-order chi connectivity index (χ0) is 20.0. The minimum atomic E-state index is -0.411. The average molecular weight is 394 g/mol. The van der Waals surface area contributed by atoms with Crippen molar-refractivity contribution in [1.82, 2.24) is 4.57 Å². The van der Waals surface area contributed by atoms with Crippen molar-refractivity contribution in [3.8, 4) is 5.69 Å². The number of nitrogens with zero attached hydrogens (tertiary/aromatic N) is 2. The summed E-state index contributed by atoms with van der Waals surface area (Å²) in [5.74, 6) is -0.183. The molecule has 2 aromatic carbocycles. The molecule has 7 heteroatoms. The van der Waals surface area contributed by atoms with Gasteiger partial charge in [0.25, 0.3) is 11.6 Å². The van der Waals surface area contributed by atoms with E-state index in [1.165, 1.54) is 12.1 Å². The van der Waals surface area contributed by atoms with Crippen LogP contribution in [-0.4, -0.2) is 15.4 Å². The summed E-state index contributed by atoms with van der Waals surface area (Å²) >= 11 is 6.01. The molecule has 140 valence electrons. The summed E-state index contributed by atoms with van der Waals surface area (Å²) < 4.78 is 1.94. The number of fused-ring (bicyclic) bond motifs is 1. The third kappa shape index (κ3) is 2.97. The van der Waals surface area contributed by atoms with Gasteiger partial charge in [0.2, 0.25) is 0 Å². The number of benzene rings is 2. The van der Waals surface area contributed by atoms with Crippen LogP contribution in [0, 0.1) is 24.0 Å². The Morgan fingerprint density at radius 3 is 2.68 bits per heavy atom. The molecule has 0 saturated heterocycles. The third-order valence-corrected chi connectivity index (χ3v) is 5.07. The minimum Gasteiger partial charge on any atom is -0.321 e. The van der Waals surface area contributed by atoms with Gasteiger partial charge in [-0.25, -0.2) is 0 Å². The van der Waals surface area contributed by atoms with Crippen molar-refractivity contribution in [1.29, 1.82) is 0 Å². The maximum atomic E-state index is 12.4. The lowest BCUT2D eigenvalue weighted by Gasteiger charge is -2.09. The van der Waals surface area contributed by atoms with Gasteiger partial charge in [0.15, 0.2) is 0 Å². The van der Waals surface area contributed by atoms with Crippen molar-refractivity contribution < 1.29 is 9.72 Å². The summed E-state index contributed by atoms with van der Waals surface area (Å²) in [5, 5.41) is 14.5. The molecule has 0 saturated carbocycles. The molecule has 1 N–H and O–H groups in total. The number of anilines is 1. The second kappa shape index (κ2) is 6.65. The monoisotopic (exact) mass is 393 g/mol. The van der Waals surface area contributed by atoms with E-state index in [1.807, 2.05) is 42.7 Å². The van der Waals surface area contributed by atoms with Crippen molar-refractivity contribution in [3.63, 3.8) is 0 Å². The number of nitrogens with one attached hydrogen (secondary N) is 1. The van der Waals surface area contributed by atoms with Crippen molar-refractivity contribution >= 4 is 40.5 Å². The first-order valence-electron chi connectivity index (χ1n) is 8.62. The number of nitro groups is 1. The van der Waals surface area contributed by atoms with E-state index in [0.717, 1.165) is 22.5 Å². The van der Waals surface area contributed by atoms with Gasteiger partial charge >= 0.3 is 0 Å². The Hall–Kier alpha value is -3.38. The van der Waals surface area contributed by atoms with Crippen LogP contribution in [0.5, 0.6) is 0 Å². The number of hydrogen-bond acceptors (Lipinski definition) is 3. The number of carbonyl (C=O) groups is 1. The van der Waals surface area contributed by atoms with E-state index in [1.54, 1.807) is 18.2 Å². The Labute approximate surface area is 166 Å². The average Bonchev–Trinajstić information content (AvgIpc) is 3.10. The van der Waals surface area contributed by atoms with E-state index in [-0.39, 0.29) is 11.6 Å². The van der Waals surface area contributed by atoms with Crippen LogP contribution >= 0.6 is 11.6 Å². The molecular weight excluding hydrogens is 378 g/mol. The number of hydrogen-bond donors (Lipinski definition) is 1. The quantitative estimate of drug-likeness (QED) is 0.380. The topological polar surface area (TPSA) is 77.2 Å². The first-order chi connectivity index (χ1) is 13.3. The summed E-state index contributed by atoms with van der Waals surface area (Å²) in [5.41, 5.74) is 5.47. The smallest absolute Gasteiger partial charge is 0.271 e. The summed E-state index contributed by atoms with van der Waals surface area (Å²) in [6.07, 6.45) is 1.84. The number of carbonyl (C=O) groups excluding carboxylic acids is 1. The van der Waals surface area contributed by atoms with Crippen molar-refractivity contribution in [2.75, 3.05) is 5.32 Å². The molecule has 28 heavy (non-hydrogen) atoms. The summed E-state index contributed by atoms with van der Waals surface area (Å²) in [6, 6.07) is 13.7. The van der Waals surface area contributed by atoms with Crippen LogP contribution in [0.25, 0.3) is 17.3 Å². The summed E-state index contributed by atoms with van der Waals surface area (Å²) in [7, 11) is 0. The fourth-order valence-electron chi connectivity index (χ4n) is 3.54. The van der Waals surface area contributed by atoms with Crippen LogP contribution in [0.4, 0.5) is 11.4 Å². The molecule has 4 rings (SSSR count). The van der Waals surface area contributed by atoms with Crippen LogP contribution in [0.2, 0.25) is 5.02 Å². The van der Waals surface area contributed by atoms with Gasteiger partial charge in [0, 0.05) is 39.7 Å². The van der Waals surface area contributed by atoms with Crippen LogP contribution in [0.1, 0.15) is 22.5 Å². The number of amides is 1. The summed E-state index contributed by atoms with van der Waals surface area (Å²) in [4.78, 5) is 23.1. The van der Waals surface area contributed by atoms with Gasteiger partial charge in [0.05, 0.1) is 16.3 Å². The van der Waals surface area contributed by atoms with Crippen molar-refractivity contribution in [3.05, 3.63) is 86.2 Å². The van der Waals surface area contributed by atoms with Gasteiger partial charge in [0.1, 0.15) is 0 Å². The highest BCUT2D eigenvalue weighted by Gasteiger charge is 2.25. The SMILES string of the molecule is Cc1cc(/C=C2/C(=O)Nc3cc(Cl)ccc32)c(C)n1-c1cccc([N+](=O)[O-])c1. The normalized spacial score (nSPS) is 14.2. The highest BCUT2D eigenvalue weighted by molar-refractivity contribution is 6.36. The van der Waals surface area contributed by atoms with Crippen LogP contribution in [0.3, 0.4) is 0 Å². The lowest BCUT2D eigenvalue weighted by atomic mass is 10.0. The van der Waals surface area contributed by atoms with Crippen LogP contribution < -0.4 is 5.32 Å². The van der Waals surface area contributed by atoms with Gasteiger partial charge in [-0.05, 0) is 49.8 Å². The molecular formula is C21H16ClN3O3. The maximum Gasteiger partial charge on any atom is 0.271 e. The Bertz CT molecular complexity index is 1180. The molecule has 6 nitrogen and oxygen atoms in total. The first kappa shape index (κ1) is 18.0. The van der Waals surface area contributed by atoms with Gasteiger partial charge in [-0.3, -0.25) is 14.9 Å². The van der Waals surface area contributed by atoms with E-state index >= 15 is 0 Å². The number of rotatable bonds is 3. The van der Waals surface area contributed by atoms with E-state index in [0.29, 0.717) is 22.0 Å². The largest absolute Gasteiger partial charge is 0.321 e. The number of non-ortho nitro benzene ring substituents is 1. The van der Waals surface area contributed by atoms with Crippen LogP contribution in [0.15, 0.2) is 48.5 Å². The van der Waals surface area contributed by atoms with Gasteiger partial charge < -0.3 is 9.88 Å². The van der Waals surface area contributed by atoms with E-state index in [2.05, 4.69) is 5.32 Å². The predicted octanol–water partition coefficient (Wildman–Crippen LogP) is 5.15. The third-order valence-electron chi connectivity index (χ3n) is 4.83. The van der Waals surface area contributed by atoms with Crippen LogP contribution in [-0.2, 0) is 4.79 Å². The fraction of sp³-hybridized carbons (Fsp3) is 0.0952. The second-order valence-corrected chi connectivity index (χ2v) is 7.08. The lowest BCUT2D eigenvalue weighted by molar-refractivity contribution is -0.384. The van der Waals surface area contributed by atoms with Gasteiger partial charge in [-0.2, -0.15) is 0 Å². The molecule has 0 spiro atoms. The molecule has 1 aliphatic heterocycles. The zero-order valence-electron chi connectivity index (χ0n) is 15.2. The standard InChI is InChI=1S/C21H16ClN3O3/c1-12-8-14(9-19-18-7-6-15(22)10-20(18)23-21(19)26)13(2)24(12)16-4-3-5-17(11-16)25(27)28/h3-11H,1-2H3,(H,23,26)/b19-9+. The maximum absolute atomic E-state index is 12.4. The van der Waals surface area contributed by atoms with E-state index in [4.69, 9.17) is 11.6 Å². The fourth-order valence-corrected chi connectivity index (χ4v) is 3.71. The molecule has 1 aromatic heterocycles. The van der Waals surface area contributed by atoms with E-state index < -0.39 is 4.92 Å². The minimum absolute atomic E-state index is 0.0332. The molecule has 0 aliphatic carbocycles. The Morgan fingerprint density at radius 2 is 1.93 bits per heavy atom. The zero-order valence-corrected chi connectivity index (χ0v) is 15.9. The molecule has 0 atom stereocenters. The highest BCUT2D eigenvalue weighted by atomic mass is 35.5. The van der Waals surface area contributed by atoms with Crippen molar-refractivity contribution in [2.45, 2.75) is 13.8 Å². The molecule has 0 unspecified atom stereocenters. The summed E-state index contributed by atoms with van der Waals surface area (Å²) in [6.45, 7) is 3.85. The molecule has 1 aliphatic rings. The number of nitro benzene ring substituents is 1. The molecule has 0 bridgehead atoms. The molecule has 0 fully saturated rings. The number of aromatic nitrogens is 1. The van der Waals surface area contributed by atoms with Gasteiger partial charge in [-0.15, -0.1) is 0 Å². The first-order valence-corrected chi connectivity index (χ1v) is 8.99. The second-order valence-electron chi connectivity index (χ2n) is 6.64. The van der Waals surface area contributed by atoms with Crippen molar-refractivity contribution in [2.24, 2.45) is 0 Å². The highest BCUT2D eigenvalue weighted by Crippen LogP contribution is 2.36. The molecule has 2 heterocycles. The predicted molar refractivity (Wildman–Crippen MR) is 110 cm³/mol. The molecule has 3 aromatic rings. The van der Waals surface area contributed by atoms with Gasteiger partial charge in [-0.1, -0.05) is 23.7 Å². The Kier molecular flexibility index (Phi) is 4.28.